The first-order valence-corrected chi connectivity index (χ1v) is 8.38. The van der Waals surface area contributed by atoms with Crippen LogP contribution < -0.4 is 4.74 Å². The third-order valence-electron chi connectivity index (χ3n) is 4.22. The van der Waals surface area contributed by atoms with E-state index in [1.807, 2.05) is 6.07 Å². The molecule has 0 aliphatic rings. The lowest BCUT2D eigenvalue weighted by molar-refractivity contribution is 0.103. The fourth-order valence-electron chi connectivity index (χ4n) is 2.90. The van der Waals surface area contributed by atoms with Crippen molar-refractivity contribution < 1.29 is 13.9 Å². The molecule has 1 aromatic carbocycles. The maximum atomic E-state index is 13.7. The van der Waals surface area contributed by atoms with Crippen LogP contribution in [-0.4, -0.2) is 22.3 Å². The molecule has 26 heavy (non-hydrogen) atoms. The number of carbonyl (C=O) groups is 1. The van der Waals surface area contributed by atoms with Gasteiger partial charge in [0.15, 0.2) is 0 Å². The van der Waals surface area contributed by atoms with E-state index in [-0.39, 0.29) is 11.3 Å². The van der Waals surface area contributed by atoms with Gasteiger partial charge in [-0.1, -0.05) is 13.3 Å². The summed E-state index contributed by atoms with van der Waals surface area (Å²) in [7, 11) is 1.47. The van der Waals surface area contributed by atoms with Crippen molar-refractivity contribution in [3.63, 3.8) is 0 Å². The van der Waals surface area contributed by atoms with Gasteiger partial charge in [0.1, 0.15) is 29.0 Å². The van der Waals surface area contributed by atoms with Gasteiger partial charge in [-0.25, -0.2) is 9.37 Å². The molecule has 0 saturated heterocycles. The van der Waals surface area contributed by atoms with Crippen LogP contribution >= 0.6 is 0 Å². The Balaban J connectivity index is 2.15. The van der Waals surface area contributed by atoms with Gasteiger partial charge in [0.05, 0.1) is 18.4 Å². The van der Waals surface area contributed by atoms with Crippen molar-refractivity contribution in [2.45, 2.75) is 26.2 Å². The minimum absolute atomic E-state index is 0.272. The minimum atomic E-state index is -0.446. The molecule has 0 bridgehead atoms. The normalized spacial score (nSPS) is 10.7. The average Bonchev–Trinajstić information content (AvgIpc) is 3.02. The summed E-state index contributed by atoms with van der Waals surface area (Å²) in [5, 5.41) is 9.26. The number of ether oxygens (including phenoxy) is 1. The van der Waals surface area contributed by atoms with E-state index in [4.69, 9.17) is 4.74 Å². The quantitative estimate of drug-likeness (QED) is 0.631. The number of hydrogen-bond donors (Lipinski definition) is 0. The zero-order valence-electron chi connectivity index (χ0n) is 14.6. The lowest BCUT2D eigenvalue weighted by Gasteiger charge is -2.07. The number of nitrogens with zero attached hydrogens (tertiary/aromatic N) is 3. The molecule has 0 amide bonds. The maximum absolute atomic E-state index is 13.7. The standard InChI is InChI=1S/C20H18FN3O2/c1-3-4-5-16-19(24-12-15(21)7-9-18(24)23-16)20(25)13-6-8-17(26-2)14(10-13)11-22/h6-10,12H,3-5H2,1-2H3. The van der Waals surface area contributed by atoms with Gasteiger partial charge in [-0.05, 0) is 43.2 Å². The van der Waals surface area contributed by atoms with Gasteiger partial charge in [-0.3, -0.25) is 9.20 Å². The number of imidazole rings is 1. The van der Waals surface area contributed by atoms with Gasteiger partial charge in [-0.15, -0.1) is 0 Å². The van der Waals surface area contributed by atoms with Crippen molar-refractivity contribution in [2.75, 3.05) is 7.11 Å². The fourth-order valence-corrected chi connectivity index (χ4v) is 2.90. The Morgan fingerprint density at radius 2 is 2.15 bits per heavy atom. The first-order chi connectivity index (χ1) is 12.6. The zero-order valence-corrected chi connectivity index (χ0v) is 14.6. The molecule has 3 aromatic rings. The second-order valence-electron chi connectivity index (χ2n) is 5.94. The second kappa shape index (κ2) is 7.36. The summed E-state index contributed by atoms with van der Waals surface area (Å²) < 4.78 is 20.4. The Bertz CT molecular complexity index is 1020. The van der Waals surface area contributed by atoms with Crippen LogP contribution in [0.2, 0.25) is 0 Å². The lowest BCUT2D eigenvalue weighted by atomic mass is 10.0. The summed E-state index contributed by atoms with van der Waals surface area (Å²) in [6.45, 7) is 2.06. The van der Waals surface area contributed by atoms with Crippen LogP contribution in [0.3, 0.4) is 0 Å². The van der Waals surface area contributed by atoms with Crippen molar-refractivity contribution in [1.82, 2.24) is 9.38 Å². The van der Waals surface area contributed by atoms with Crippen LogP contribution in [0.1, 0.15) is 47.1 Å². The van der Waals surface area contributed by atoms with E-state index in [2.05, 4.69) is 11.9 Å². The Morgan fingerprint density at radius 3 is 2.85 bits per heavy atom. The van der Waals surface area contributed by atoms with Crippen LogP contribution in [-0.2, 0) is 6.42 Å². The van der Waals surface area contributed by atoms with Gasteiger partial charge in [0, 0.05) is 11.8 Å². The number of nitriles is 1. The molecule has 0 saturated carbocycles. The number of pyridine rings is 1. The van der Waals surface area contributed by atoms with E-state index in [1.54, 1.807) is 18.2 Å². The highest BCUT2D eigenvalue weighted by molar-refractivity contribution is 6.09. The largest absolute Gasteiger partial charge is 0.495 e. The summed E-state index contributed by atoms with van der Waals surface area (Å²) in [4.78, 5) is 17.7. The molecule has 0 radical (unpaired) electrons. The molecule has 0 aliphatic carbocycles. The van der Waals surface area contributed by atoms with E-state index >= 15 is 0 Å². The summed E-state index contributed by atoms with van der Waals surface area (Å²) in [5.41, 5.74) is 2.10. The summed E-state index contributed by atoms with van der Waals surface area (Å²) in [6.07, 6.45) is 3.72. The number of ketones is 1. The van der Waals surface area contributed by atoms with Crippen LogP contribution in [0.5, 0.6) is 5.75 Å². The highest BCUT2D eigenvalue weighted by Crippen LogP contribution is 2.23. The van der Waals surface area contributed by atoms with Crippen molar-refractivity contribution in [3.05, 3.63) is 64.9 Å². The van der Waals surface area contributed by atoms with Crippen molar-refractivity contribution in [3.8, 4) is 11.8 Å². The molecule has 132 valence electrons. The van der Waals surface area contributed by atoms with E-state index in [1.165, 1.54) is 29.8 Å². The maximum Gasteiger partial charge on any atom is 0.211 e. The predicted molar refractivity (Wildman–Crippen MR) is 94.9 cm³/mol. The molecule has 0 unspecified atom stereocenters. The first kappa shape index (κ1) is 17.6. The Hall–Kier alpha value is -3.20. The van der Waals surface area contributed by atoms with Crippen molar-refractivity contribution >= 4 is 11.4 Å². The summed E-state index contributed by atoms with van der Waals surface area (Å²) in [5.74, 6) is -0.341. The molecule has 3 rings (SSSR count). The molecule has 5 nitrogen and oxygen atoms in total. The number of halogens is 1. The fraction of sp³-hybridized carbons (Fsp3) is 0.250. The van der Waals surface area contributed by atoms with Crippen LogP contribution in [0, 0.1) is 17.1 Å². The molecule has 0 spiro atoms. The number of methoxy groups -OCH3 is 1. The van der Waals surface area contributed by atoms with Crippen molar-refractivity contribution in [1.29, 1.82) is 5.26 Å². The minimum Gasteiger partial charge on any atom is -0.495 e. The average molecular weight is 351 g/mol. The summed E-state index contributed by atoms with van der Waals surface area (Å²) in [6, 6.07) is 9.57. The highest BCUT2D eigenvalue weighted by atomic mass is 19.1. The number of rotatable bonds is 6. The van der Waals surface area contributed by atoms with Gasteiger partial charge in [0.2, 0.25) is 5.78 Å². The number of hydrogen-bond acceptors (Lipinski definition) is 4. The molecular formula is C20H18FN3O2. The van der Waals surface area contributed by atoms with E-state index < -0.39 is 5.82 Å². The number of unbranched alkanes of at least 4 members (excludes halogenated alkanes) is 1. The van der Waals surface area contributed by atoms with E-state index in [0.717, 1.165) is 12.8 Å². The lowest BCUT2D eigenvalue weighted by Crippen LogP contribution is -2.09. The van der Waals surface area contributed by atoms with E-state index in [9.17, 15) is 14.4 Å². The van der Waals surface area contributed by atoms with Crippen LogP contribution in [0.25, 0.3) is 5.65 Å². The van der Waals surface area contributed by atoms with E-state index in [0.29, 0.717) is 34.8 Å². The molecule has 2 aromatic heterocycles. The van der Waals surface area contributed by atoms with Gasteiger partial charge in [-0.2, -0.15) is 5.26 Å². The second-order valence-corrected chi connectivity index (χ2v) is 5.94. The van der Waals surface area contributed by atoms with Gasteiger partial charge in [0.25, 0.3) is 0 Å². The number of carbonyl (C=O) groups excluding carboxylic acids is 1. The molecule has 0 atom stereocenters. The Kier molecular flexibility index (Phi) is 4.99. The summed E-state index contributed by atoms with van der Waals surface area (Å²) >= 11 is 0. The zero-order chi connectivity index (χ0) is 18.7. The highest BCUT2D eigenvalue weighted by Gasteiger charge is 2.21. The number of aromatic nitrogens is 2. The Morgan fingerprint density at radius 1 is 1.35 bits per heavy atom. The van der Waals surface area contributed by atoms with Gasteiger partial charge >= 0.3 is 0 Å². The molecule has 0 fully saturated rings. The van der Waals surface area contributed by atoms with Crippen LogP contribution in [0.15, 0.2) is 36.5 Å². The molecule has 2 heterocycles. The molecule has 0 N–H and O–H groups in total. The third-order valence-corrected chi connectivity index (χ3v) is 4.22. The van der Waals surface area contributed by atoms with Crippen LogP contribution in [0.4, 0.5) is 4.39 Å². The molecular weight excluding hydrogens is 333 g/mol. The SMILES string of the molecule is CCCCc1nc2ccc(F)cn2c1C(=O)c1ccc(OC)c(C#N)c1. The number of aryl methyl sites for hydroxylation is 1. The predicted octanol–water partition coefficient (Wildman–Crippen LogP) is 3.93. The van der Waals surface area contributed by atoms with Gasteiger partial charge < -0.3 is 4.74 Å². The number of fused-ring (bicyclic) bond motifs is 1. The molecule has 6 heteroatoms. The third kappa shape index (κ3) is 3.16. The monoisotopic (exact) mass is 351 g/mol. The molecule has 0 aliphatic heterocycles. The number of benzene rings is 1. The topological polar surface area (TPSA) is 67.4 Å². The first-order valence-electron chi connectivity index (χ1n) is 8.38. The van der Waals surface area contributed by atoms with Crippen molar-refractivity contribution in [2.24, 2.45) is 0 Å². The smallest absolute Gasteiger partial charge is 0.211 e. The Labute approximate surface area is 150 Å².